The van der Waals surface area contributed by atoms with Crippen molar-refractivity contribution in [3.8, 4) is 11.1 Å². The number of rotatable bonds is 5. The van der Waals surface area contributed by atoms with Gasteiger partial charge in [-0.05, 0) is 42.1 Å². The quantitative estimate of drug-likeness (QED) is 0.594. The van der Waals surface area contributed by atoms with Crippen LogP contribution in [0.15, 0.2) is 60.0 Å². The highest BCUT2D eigenvalue weighted by Crippen LogP contribution is 2.29. The van der Waals surface area contributed by atoms with E-state index in [1.54, 1.807) is 52.3 Å². The highest BCUT2D eigenvalue weighted by Gasteiger charge is 2.32. The van der Waals surface area contributed by atoms with Crippen LogP contribution in [-0.4, -0.2) is 53.7 Å². The maximum Gasteiger partial charge on any atom is 0.264 e. The first-order chi connectivity index (χ1) is 15.5. The summed E-state index contributed by atoms with van der Waals surface area (Å²) in [4.78, 5) is 41.3. The summed E-state index contributed by atoms with van der Waals surface area (Å²) in [5.41, 5.74) is 1.55. The minimum Gasteiger partial charge on any atom is -0.334 e. The van der Waals surface area contributed by atoms with Crippen LogP contribution < -0.4 is 5.32 Å². The van der Waals surface area contributed by atoms with Gasteiger partial charge in [-0.2, -0.15) is 0 Å². The summed E-state index contributed by atoms with van der Waals surface area (Å²) in [6.07, 6.45) is 0.510. The molecule has 1 saturated heterocycles. The molecule has 4 rings (SSSR count). The van der Waals surface area contributed by atoms with Gasteiger partial charge in [0.25, 0.3) is 11.8 Å². The van der Waals surface area contributed by atoms with Crippen LogP contribution in [0.1, 0.15) is 27.0 Å². The van der Waals surface area contributed by atoms with E-state index < -0.39 is 5.82 Å². The molecule has 0 radical (unpaired) electrons. The topological polar surface area (TPSA) is 69.7 Å². The van der Waals surface area contributed by atoms with Gasteiger partial charge in [-0.25, -0.2) is 4.39 Å². The molecular formula is C24H22FN3O3S. The molecule has 0 bridgehead atoms. The number of hydrogen-bond acceptors (Lipinski definition) is 4. The predicted molar refractivity (Wildman–Crippen MR) is 122 cm³/mol. The molecule has 1 aliphatic rings. The molecule has 1 atom stereocenters. The Morgan fingerprint density at radius 3 is 2.59 bits per heavy atom. The highest BCUT2D eigenvalue weighted by atomic mass is 32.1. The lowest BCUT2D eigenvalue weighted by atomic mass is 10.00. The number of piperazine rings is 1. The smallest absolute Gasteiger partial charge is 0.264 e. The van der Waals surface area contributed by atoms with Gasteiger partial charge in [0, 0.05) is 31.2 Å². The van der Waals surface area contributed by atoms with Crippen LogP contribution in [0.25, 0.3) is 11.1 Å². The summed E-state index contributed by atoms with van der Waals surface area (Å²) in [5.74, 6) is -0.705. The van der Waals surface area contributed by atoms with Gasteiger partial charge in [0.2, 0.25) is 6.41 Å². The predicted octanol–water partition coefficient (Wildman–Crippen LogP) is 4.11. The largest absolute Gasteiger partial charge is 0.334 e. The lowest BCUT2D eigenvalue weighted by Gasteiger charge is -2.40. The van der Waals surface area contributed by atoms with E-state index in [2.05, 4.69) is 5.32 Å². The van der Waals surface area contributed by atoms with Crippen molar-refractivity contribution in [1.82, 2.24) is 9.80 Å². The summed E-state index contributed by atoms with van der Waals surface area (Å²) in [7, 11) is 0. The lowest BCUT2D eigenvalue weighted by Crippen LogP contribution is -2.55. The zero-order valence-corrected chi connectivity index (χ0v) is 18.3. The number of nitrogens with zero attached hydrogens (tertiary/aromatic N) is 2. The number of amides is 3. The first-order valence-corrected chi connectivity index (χ1v) is 11.1. The molecule has 0 saturated carbocycles. The van der Waals surface area contributed by atoms with Crippen LogP contribution in [0.5, 0.6) is 0 Å². The van der Waals surface area contributed by atoms with Crippen molar-refractivity contribution >= 4 is 35.2 Å². The summed E-state index contributed by atoms with van der Waals surface area (Å²) < 4.78 is 14.3. The third-order valence-corrected chi connectivity index (χ3v) is 6.41. The minimum absolute atomic E-state index is 0.0381. The third kappa shape index (κ3) is 4.27. The second-order valence-electron chi connectivity index (χ2n) is 7.58. The van der Waals surface area contributed by atoms with Crippen LogP contribution >= 0.6 is 11.3 Å². The van der Waals surface area contributed by atoms with Crippen molar-refractivity contribution in [2.75, 3.05) is 25.0 Å². The Balaban J connectivity index is 1.59. The molecular weight excluding hydrogens is 429 g/mol. The molecule has 2 heterocycles. The minimum atomic E-state index is -0.393. The van der Waals surface area contributed by atoms with Crippen LogP contribution in [0.2, 0.25) is 0 Å². The first-order valence-electron chi connectivity index (χ1n) is 10.2. The van der Waals surface area contributed by atoms with E-state index in [1.807, 2.05) is 18.4 Å². The van der Waals surface area contributed by atoms with Gasteiger partial charge < -0.3 is 15.1 Å². The fourth-order valence-corrected chi connectivity index (χ4v) is 4.62. The summed E-state index contributed by atoms with van der Waals surface area (Å²) in [6, 6.07) is 14.6. The van der Waals surface area contributed by atoms with Crippen molar-refractivity contribution in [3.05, 3.63) is 76.2 Å². The van der Waals surface area contributed by atoms with Gasteiger partial charge in [0.15, 0.2) is 0 Å². The number of hydrogen-bond donors (Lipinski definition) is 1. The van der Waals surface area contributed by atoms with E-state index in [0.29, 0.717) is 47.7 Å². The molecule has 1 aliphatic heterocycles. The second kappa shape index (κ2) is 9.32. The Morgan fingerprint density at radius 1 is 1.09 bits per heavy atom. The van der Waals surface area contributed by atoms with E-state index in [0.717, 1.165) is 0 Å². The number of carbonyl (C=O) groups is 3. The van der Waals surface area contributed by atoms with Gasteiger partial charge >= 0.3 is 0 Å². The Labute approximate surface area is 189 Å². The zero-order valence-electron chi connectivity index (χ0n) is 17.5. The van der Waals surface area contributed by atoms with Crippen molar-refractivity contribution < 1.29 is 18.8 Å². The van der Waals surface area contributed by atoms with Gasteiger partial charge in [0.1, 0.15) is 5.82 Å². The van der Waals surface area contributed by atoms with Crippen LogP contribution in [0.3, 0.4) is 0 Å². The highest BCUT2D eigenvalue weighted by molar-refractivity contribution is 7.12. The molecule has 1 fully saturated rings. The first kappa shape index (κ1) is 21.7. The summed E-state index contributed by atoms with van der Waals surface area (Å²) >= 11 is 1.39. The molecule has 0 aliphatic carbocycles. The molecule has 3 amide bonds. The van der Waals surface area contributed by atoms with E-state index in [9.17, 15) is 18.8 Å². The average molecular weight is 452 g/mol. The number of halogens is 1. The Bertz CT molecular complexity index is 1150. The molecule has 1 N–H and O–H groups in total. The van der Waals surface area contributed by atoms with Gasteiger partial charge in [0.05, 0.1) is 16.1 Å². The Morgan fingerprint density at radius 2 is 1.91 bits per heavy atom. The van der Waals surface area contributed by atoms with Crippen molar-refractivity contribution in [2.24, 2.45) is 0 Å². The monoisotopic (exact) mass is 451 g/mol. The molecule has 164 valence electrons. The summed E-state index contributed by atoms with van der Waals surface area (Å²) in [5, 5.41) is 4.43. The Hall–Kier alpha value is -3.52. The number of carbonyl (C=O) groups excluding carboxylic acids is 3. The molecule has 32 heavy (non-hydrogen) atoms. The normalized spacial score (nSPS) is 16.0. The molecule has 2 aromatic carbocycles. The lowest BCUT2D eigenvalue weighted by molar-refractivity contribution is -0.105. The number of benzene rings is 2. The fraction of sp³-hybridized carbons (Fsp3) is 0.208. The van der Waals surface area contributed by atoms with Crippen LogP contribution in [0.4, 0.5) is 10.1 Å². The molecule has 6 nitrogen and oxygen atoms in total. The zero-order chi connectivity index (χ0) is 22.7. The van der Waals surface area contributed by atoms with Crippen molar-refractivity contribution in [1.29, 1.82) is 0 Å². The molecule has 1 unspecified atom stereocenters. The number of anilines is 1. The third-order valence-electron chi connectivity index (χ3n) is 5.56. The van der Waals surface area contributed by atoms with E-state index in [4.69, 9.17) is 0 Å². The van der Waals surface area contributed by atoms with Crippen LogP contribution in [-0.2, 0) is 4.79 Å². The second-order valence-corrected chi connectivity index (χ2v) is 8.53. The molecule has 3 aromatic rings. The molecule has 0 spiro atoms. The molecule has 1 aromatic heterocycles. The van der Waals surface area contributed by atoms with E-state index >= 15 is 0 Å². The van der Waals surface area contributed by atoms with Crippen molar-refractivity contribution in [3.63, 3.8) is 0 Å². The van der Waals surface area contributed by atoms with Gasteiger partial charge in [-0.1, -0.05) is 30.3 Å². The van der Waals surface area contributed by atoms with Gasteiger partial charge in [-0.3, -0.25) is 14.4 Å². The maximum absolute atomic E-state index is 14.3. The van der Waals surface area contributed by atoms with Crippen molar-refractivity contribution in [2.45, 2.75) is 13.0 Å². The summed E-state index contributed by atoms with van der Waals surface area (Å²) in [6.45, 7) is 3.07. The van der Waals surface area contributed by atoms with E-state index in [-0.39, 0.29) is 23.4 Å². The fourth-order valence-electron chi connectivity index (χ4n) is 3.93. The van der Waals surface area contributed by atoms with Gasteiger partial charge in [-0.15, -0.1) is 11.3 Å². The van der Waals surface area contributed by atoms with E-state index in [1.165, 1.54) is 17.4 Å². The number of thiophene rings is 1. The SMILES string of the molecule is CC1CN(C(=O)c2cccs2)CCN1C(=O)c1cc(-c2ccccc2F)ccc1NC=O. The average Bonchev–Trinajstić information content (AvgIpc) is 3.34. The number of nitrogens with one attached hydrogen (secondary N) is 1. The Kier molecular flexibility index (Phi) is 6.32. The standard InChI is InChI=1S/C24H22FN3O3S/c1-16-14-27(24(31)22-7-4-12-32-22)10-11-28(16)23(30)19-13-17(8-9-21(19)26-15-29)18-5-2-3-6-20(18)25/h2-9,12-13,15-16H,10-11,14H2,1H3,(H,26,29). The maximum atomic E-state index is 14.3. The molecule has 8 heteroatoms. The van der Waals surface area contributed by atoms with Crippen LogP contribution in [0, 0.1) is 5.82 Å².